The SMILES string of the molecule is CCCNC(CCC(C)(C)OC)c1cc(C)ccc1Br. The molecule has 1 aromatic rings. The van der Waals surface area contributed by atoms with Gasteiger partial charge in [0, 0.05) is 17.6 Å². The highest BCUT2D eigenvalue weighted by atomic mass is 79.9. The van der Waals surface area contributed by atoms with Gasteiger partial charge < -0.3 is 10.1 Å². The molecule has 0 spiro atoms. The summed E-state index contributed by atoms with van der Waals surface area (Å²) in [5.41, 5.74) is 2.59. The molecule has 0 radical (unpaired) electrons. The normalized spacial score (nSPS) is 13.5. The van der Waals surface area contributed by atoms with Crippen molar-refractivity contribution in [3.8, 4) is 0 Å². The van der Waals surface area contributed by atoms with Gasteiger partial charge in [0.1, 0.15) is 0 Å². The summed E-state index contributed by atoms with van der Waals surface area (Å²) in [5.74, 6) is 0. The molecule has 3 heteroatoms. The van der Waals surface area contributed by atoms with Crippen LogP contribution in [0.3, 0.4) is 0 Å². The first-order chi connectivity index (χ1) is 9.39. The highest BCUT2D eigenvalue weighted by Crippen LogP contribution is 2.30. The Kier molecular flexibility index (Phi) is 7.21. The van der Waals surface area contributed by atoms with Crippen molar-refractivity contribution in [2.24, 2.45) is 0 Å². The number of hydrogen-bond acceptors (Lipinski definition) is 2. The second-order valence-electron chi connectivity index (χ2n) is 6.03. The molecule has 0 heterocycles. The quantitative estimate of drug-likeness (QED) is 0.717. The van der Waals surface area contributed by atoms with Crippen LogP contribution in [0, 0.1) is 6.92 Å². The molecule has 114 valence electrons. The van der Waals surface area contributed by atoms with Gasteiger partial charge in [0.25, 0.3) is 0 Å². The van der Waals surface area contributed by atoms with E-state index >= 15 is 0 Å². The zero-order valence-electron chi connectivity index (χ0n) is 13.4. The van der Waals surface area contributed by atoms with E-state index in [0.717, 1.165) is 25.8 Å². The van der Waals surface area contributed by atoms with Gasteiger partial charge in [0.2, 0.25) is 0 Å². The Balaban J connectivity index is 2.85. The highest BCUT2D eigenvalue weighted by molar-refractivity contribution is 9.10. The summed E-state index contributed by atoms with van der Waals surface area (Å²) in [7, 11) is 1.79. The smallest absolute Gasteiger partial charge is 0.0623 e. The first kappa shape index (κ1) is 17.7. The molecule has 2 nitrogen and oxygen atoms in total. The third-order valence-electron chi connectivity index (χ3n) is 3.76. The van der Waals surface area contributed by atoms with Crippen LogP contribution in [0.15, 0.2) is 22.7 Å². The van der Waals surface area contributed by atoms with Crippen molar-refractivity contribution in [3.05, 3.63) is 33.8 Å². The minimum Gasteiger partial charge on any atom is -0.379 e. The van der Waals surface area contributed by atoms with E-state index in [1.54, 1.807) is 7.11 Å². The van der Waals surface area contributed by atoms with E-state index < -0.39 is 0 Å². The van der Waals surface area contributed by atoms with Crippen LogP contribution in [0.4, 0.5) is 0 Å². The molecule has 0 saturated carbocycles. The topological polar surface area (TPSA) is 21.3 Å². The lowest BCUT2D eigenvalue weighted by molar-refractivity contribution is 0.0116. The third kappa shape index (κ3) is 5.55. The van der Waals surface area contributed by atoms with E-state index in [0.29, 0.717) is 6.04 Å². The standard InChI is InChI=1S/C17H28BrNO/c1-6-11-19-16(9-10-17(3,4)20-5)14-12-13(2)7-8-15(14)18/h7-8,12,16,19H,6,9-11H2,1-5H3. The van der Waals surface area contributed by atoms with E-state index in [2.05, 4.69) is 67.1 Å². The van der Waals surface area contributed by atoms with E-state index in [-0.39, 0.29) is 5.60 Å². The van der Waals surface area contributed by atoms with E-state index in [9.17, 15) is 0 Å². The maximum atomic E-state index is 5.54. The van der Waals surface area contributed by atoms with Crippen LogP contribution >= 0.6 is 15.9 Å². The largest absolute Gasteiger partial charge is 0.379 e. The summed E-state index contributed by atoms with van der Waals surface area (Å²) >= 11 is 3.69. The van der Waals surface area contributed by atoms with Gasteiger partial charge in [-0.3, -0.25) is 0 Å². The Hall–Kier alpha value is -0.380. The summed E-state index contributed by atoms with van der Waals surface area (Å²) < 4.78 is 6.73. The van der Waals surface area contributed by atoms with Crippen molar-refractivity contribution in [2.45, 2.75) is 58.6 Å². The Morgan fingerprint density at radius 1 is 1.35 bits per heavy atom. The van der Waals surface area contributed by atoms with Crippen LogP contribution in [-0.2, 0) is 4.74 Å². The molecule has 1 N–H and O–H groups in total. The lowest BCUT2D eigenvalue weighted by Gasteiger charge is -2.27. The molecule has 1 rings (SSSR count). The van der Waals surface area contributed by atoms with Crippen molar-refractivity contribution in [2.75, 3.05) is 13.7 Å². The van der Waals surface area contributed by atoms with Gasteiger partial charge in [-0.15, -0.1) is 0 Å². The van der Waals surface area contributed by atoms with E-state index in [1.165, 1.54) is 15.6 Å². The lowest BCUT2D eigenvalue weighted by atomic mass is 9.94. The third-order valence-corrected chi connectivity index (χ3v) is 4.48. The van der Waals surface area contributed by atoms with E-state index in [4.69, 9.17) is 4.74 Å². The maximum Gasteiger partial charge on any atom is 0.0623 e. The molecular formula is C17H28BrNO. The summed E-state index contributed by atoms with van der Waals surface area (Å²) in [6.45, 7) is 9.68. The minimum absolute atomic E-state index is 0.0670. The second kappa shape index (κ2) is 8.16. The molecule has 1 aromatic carbocycles. The first-order valence-corrected chi connectivity index (χ1v) is 8.23. The predicted octanol–water partition coefficient (Wildman–Crippen LogP) is 5.00. The monoisotopic (exact) mass is 341 g/mol. The fourth-order valence-electron chi connectivity index (χ4n) is 2.21. The van der Waals surface area contributed by atoms with Crippen LogP contribution in [-0.4, -0.2) is 19.3 Å². The molecule has 1 atom stereocenters. The average Bonchev–Trinajstić information content (AvgIpc) is 2.42. The van der Waals surface area contributed by atoms with Gasteiger partial charge in [-0.05, 0) is 58.2 Å². The van der Waals surface area contributed by atoms with Gasteiger partial charge >= 0.3 is 0 Å². The second-order valence-corrected chi connectivity index (χ2v) is 6.89. The van der Waals surface area contributed by atoms with Gasteiger partial charge in [-0.25, -0.2) is 0 Å². The van der Waals surface area contributed by atoms with Crippen LogP contribution in [0.2, 0.25) is 0 Å². The zero-order chi connectivity index (χ0) is 15.2. The molecule has 0 aromatic heterocycles. The van der Waals surface area contributed by atoms with Crippen LogP contribution in [0.1, 0.15) is 57.2 Å². The number of methoxy groups -OCH3 is 1. The number of halogens is 1. The molecule has 0 aliphatic rings. The fourth-order valence-corrected chi connectivity index (χ4v) is 2.73. The number of nitrogens with one attached hydrogen (secondary N) is 1. The molecule has 0 fully saturated rings. The van der Waals surface area contributed by atoms with Crippen molar-refractivity contribution in [1.29, 1.82) is 0 Å². The Bertz CT molecular complexity index is 417. The fraction of sp³-hybridized carbons (Fsp3) is 0.647. The number of ether oxygens (including phenoxy) is 1. The molecule has 0 amide bonds. The number of benzene rings is 1. The summed E-state index contributed by atoms with van der Waals surface area (Å²) in [6.07, 6.45) is 3.25. The number of rotatable bonds is 8. The highest BCUT2D eigenvalue weighted by Gasteiger charge is 2.21. The van der Waals surface area contributed by atoms with Gasteiger partial charge in [0.05, 0.1) is 5.60 Å². The molecule has 1 unspecified atom stereocenters. The predicted molar refractivity (Wildman–Crippen MR) is 90.2 cm³/mol. The molecule has 0 aliphatic carbocycles. The lowest BCUT2D eigenvalue weighted by Crippen LogP contribution is -2.28. The summed E-state index contributed by atoms with van der Waals surface area (Å²) in [5, 5.41) is 3.66. The van der Waals surface area contributed by atoms with Gasteiger partial charge in [-0.1, -0.05) is 40.5 Å². The molecule has 20 heavy (non-hydrogen) atoms. The van der Waals surface area contributed by atoms with E-state index in [1.807, 2.05) is 0 Å². The van der Waals surface area contributed by atoms with Crippen LogP contribution in [0.5, 0.6) is 0 Å². The van der Waals surface area contributed by atoms with Crippen LogP contribution < -0.4 is 5.32 Å². The van der Waals surface area contributed by atoms with Crippen molar-refractivity contribution in [3.63, 3.8) is 0 Å². The molecule has 0 aliphatic heterocycles. The molecule has 0 saturated heterocycles. The average molecular weight is 342 g/mol. The van der Waals surface area contributed by atoms with Crippen molar-refractivity contribution in [1.82, 2.24) is 5.32 Å². The van der Waals surface area contributed by atoms with Crippen molar-refractivity contribution >= 4 is 15.9 Å². The van der Waals surface area contributed by atoms with Crippen molar-refractivity contribution < 1.29 is 4.74 Å². The number of hydrogen-bond donors (Lipinski definition) is 1. The Morgan fingerprint density at radius 2 is 2.05 bits per heavy atom. The Labute approximate surface area is 132 Å². The first-order valence-electron chi connectivity index (χ1n) is 7.44. The minimum atomic E-state index is -0.0670. The maximum absolute atomic E-state index is 5.54. The van der Waals surface area contributed by atoms with Gasteiger partial charge in [0.15, 0.2) is 0 Å². The number of aryl methyl sites for hydroxylation is 1. The Morgan fingerprint density at radius 3 is 2.65 bits per heavy atom. The zero-order valence-corrected chi connectivity index (χ0v) is 15.0. The molecule has 0 bridgehead atoms. The van der Waals surface area contributed by atoms with Gasteiger partial charge in [-0.2, -0.15) is 0 Å². The summed E-state index contributed by atoms with van der Waals surface area (Å²) in [4.78, 5) is 0. The summed E-state index contributed by atoms with van der Waals surface area (Å²) in [6, 6.07) is 6.94. The van der Waals surface area contributed by atoms with Crippen LogP contribution in [0.25, 0.3) is 0 Å². The molecular weight excluding hydrogens is 314 g/mol.